The van der Waals surface area contributed by atoms with Crippen molar-refractivity contribution in [1.29, 1.82) is 0 Å². The Bertz CT molecular complexity index is 820. The molecule has 0 aliphatic carbocycles. The quantitative estimate of drug-likeness (QED) is 0.409. The van der Waals surface area contributed by atoms with Gasteiger partial charge in [0.1, 0.15) is 5.60 Å². The van der Waals surface area contributed by atoms with Gasteiger partial charge in [0.15, 0.2) is 0 Å². The van der Waals surface area contributed by atoms with Crippen LogP contribution in [0.1, 0.15) is 76.2 Å². The van der Waals surface area contributed by atoms with Gasteiger partial charge in [-0.15, -0.1) is 0 Å². The summed E-state index contributed by atoms with van der Waals surface area (Å²) in [6.45, 7) is 27.4. The normalized spacial score (nSPS) is 14.4. The van der Waals surface area contributed by atoms with Crippen molar-refractivity contribution in [3.63, 3.8) is 0 Å². The summed E-state index contributed by atoms with van der Waals surface area (Å²) in [4.78, 5) is 25.8. The van der Waals surface area contributed by atoms with E-state index in [1.165, 1.54) is 0 Å². The van der Waals surface area contributed by atoms with Gasteiger partial charge in [0.25, 0.3) is 0 Å². The number of anilines is 1. The Morgan fingerprint density at radius 2 is 1.49 bits per heavy atom. The maximum absolute atomic E-state index is 12.7. The molecule has 1 atom stereocenters. The zero-order valence-corrected chi connectivity index (χ0v) is 24.7. The molecule has 0 bridgehead atoms. The molecule has 1 aromatic rings. The highest BCUT2D eigenvalue weighted by molar-refractivity contribution is 7.89. The largest absolute Gasteiger partial charge is 0.444 e. The zero-order valence-electron chi connectivity index (χ0n) is 23.8. The van der Waals surface area contributed by atoms with E-state index in [0.717, 1.165) is 5.57 Å². The Morgan fingerprint density at radius 1 is 1.00 bits per heavy atom. The van der Waals surface area contributed by atoms with Crippen molar-refractivity contribution in [1.82, 2.24) is 14.9 Å². The number of hydrogen-bond acceptors (Lipinski definition) is 6. The third-order valence-electron chi connectivity index (χ3n) is 4.07. The van der Waals surface area contributed by atoms with Gasteiger partial charge in [-0.25, -0.2) is 19.0 Å². The first kappa shape index (κ1) is 34.7. The molecule has 1 amide bonds. The molecule has 0 N–H and O–H groups in total. The van der Waals surface area contributed by atoms with Crippen molar-refractivity contribution < 1.29 is 13.7 Å². The molecule has 7 nitrogen and oxygen atoms in total. The molecule has 0 radical (unpaired) electrons. The molecule has 2 heterocycles. The zero-order chi connectivity index (χ0) is 27.6. The van der Waals surface area contributed by atoms with Gasteiger partial charge in [-0.2, -0.15) is 0 Å². The van der Waals surface area contributed by atoms with Crippen molar-refractivity contribution >= 4 is 22.8 Å². The number of allylic oxidation sites excluding steroid dienone is 4. The van der Waals surface area contributed by atoms with Crippen molar-refractivity contribution in [3.8, 4) is 0 Å². The summed E-state index contributed by atoms with van der Waals surface area (Å²) in [5.41, 5.74) is 0.382. The van der Waals surface area contributed by atoms with E-state index in [2.05, 4.69) is 16.5 Å². The van der Waals surface area contributed by atoms with E-state index in [4.69, 9.17) is 4.74 Å². The van der Waals surface area contributed by atoms with E-state index < -0.39 is 16.4 Å². The molecule has 35 heavy (non-hydrogen) atoms. The first-order valence-electron chi connectivity index (χ1n) is 12.6. The Morgan fingerprint density at radius 3 is 1.89 bits per heavy atom. The lowest BCUT2D eigenvalue weighted by atomic mass is 10.2. The molecule has 1 aliphatic rings. The number of aromatic nitrogens is 2. The lowest BCUT2D eigenvalue weighted by Gasteiger charge is -2.35. The smallest absolute Gasteiger partial charge is 0.410 e. The fraction of sp³-hybridized carbons (Fsp3) is 0.593. The maximum Gasteiger partial charge on any atom is 0.410 e. The minimum Gasteiger partial charge on any atom is -0.444 e. The van der Waals surface area contributed by atoms with E-state index >= 15 is 0 Å². The van der Waals surface area contributed by atoms with Crippen molar-refractivity contribution in [2.75, 3.05) is 31.1 Å². The minimum absolute atomic E-state index is 0.300. The third kappa shape index (κ3) is 13.3. The number of rotatable bonds is 5. The van der Waals surface area contributed by atoms with Gasteiger partial charge < -0.3 is 14.5 Å². The Kier molecular flexibility index (Phi) is 18.6. The lowest BCUT2D eigenvalue weighted by molar-refractivity contribution is 0.0240. The van der Waals surface area contributed by atoms with Crippen molar-refractivity contribution in [2.45, 2.75) is 86.7 Å². The highest BCUT2D eigenvalue weighted by Crippen LogP contribution is 2.18. The summed E-state index contributed by atoms with van der Waals surface area (Å²) in [5, 5.41) is 0. The van der Waals surface area contributed by atoms with Gasteiger partial charge in [-0.05, 0) is 40.7 Å². The summed E-state index contributed by atoms with van der Waals surface area (Å²) in [6, 6.07) is 0. The fourth-order valence-electron chi connectivity index (χ4n) is 2.61. The van der Waals surface area contributed by atoms with Gasteiger partial charge >= 0.3 is 6.09 Å². The average molecular weight is 509 g/mol. The summed E-state index contributed by atoms with van der Waals surface area (Å²) in [7, 11) is -1.35. The molecule has 1 unspecified atom stereocenters. The number of amides is 1. The molecule has 1 aromatic heterocycles. The molecule has 200 valence electrons. The van der Waals surface area contributed by atoms with Gasteiger partial charge in [-0.3, -0.25) is 0 Å². The predicted octanol–water partition coefficient (Wildman–Crippen LogP) is 6.76. The molecule has 0 aromatic carbocycles. The van der Waals surface area contributed by atoms with Gasteiger partial charge in [0.05, 0.1) is 15.7 Å². The lowest BCUT2D eigenvalue weighted by Crippen LogP contribution is -2.50. The molecule has 0 spiro atoms. The monoisotopic (exact) mass is 508 g/mol. The molecule has 2 rings (SSSR count). The number of hydrogen-bond donors (Lipinski definition) is 0. The average Bonchev–Trinajstić information content (AvgIpc) is 2.87. The summed E-state index contributed by atoms with van der Waals surface area (Å²) in [5.74, 6) is 0.564. The molecular weight excluding hydrogens is 460 g/mol. The van der Waals surface area contributed by atoms with Gasteiger partial charge in [0, 0.05) is 43.5 Å². The van der Waals surface area contributed by atoms with Crippen LogP contribution < -0.4 is 4.90 Å². The molecule has 1 aliphatic heterocycles. The Labute approximate surface area is 216 Å². The summed E-state index contributed by atoms with van der Waals surface area (Å²) in [6.07, 6.45) is 8.31. The molecule has 1 fully saturated rings. The second kappa shape index (κ2) is 18.8. The van der Waals surface area contributed by atoms with Crippen LogP contribution in [0.15, 0.2) is 52.6 Å². The number of ether oxygens (including phenoxy) is 1. The van der Waals surface area contributed by atoms with E-state index in [0.29, 0.717) is 41.9 Å². The standard InChI is InChI=1S/C21H30N4O3S.3C2H6/c1-7-17(9-8-16(2)3)29(27)18-14-22-19(23-15-18)24-10-12-25(13-11-24)20(26)28-21(4,5)6;3*1-2/h7-9,14-15H,2,10-13H2,1,3-6H3;3*1-2H3/b9-8-,17-7+;;;. The van der Waals surface area contributed by atoms with Crippen molar-refractivity contribution in [3.05, 3.63) is 47.7 Å². The van der Waals surface area contributed by atoms with Crippen LogP contribution in [0.4, 0.5) is 10.7 Å². The Balaban J connectivity index is 0. The van der Waals surface area contributed by atoms with Crippen LogP contribution >= 0.6 is 0 Å². The first-order valence-corrected chi connectivity index (χ1v) is 13.7. The van der Waals surface area contributed by atoms with Crippen LogP contribution in [0.5, 0.6) is 0 Å². The highest BCUT2D eigenvalue weighted by atomic mass is 32.2. The maximum atomic E-state index is 12.7. The SMILES string of the molecule is C=C(C)/C=C\C(=C/C)S(=O)c1cnc(N2CCN(C(=O)OC(C)(C)C)CC2)nc1.CC.CC.CC. The number of carbonyl (C=O) groups excluding carboxylic acids is 1. The summed E-state index contributed by atoms with van der Waals surface area (Å²) < 4.78 is 18.1. The number of carbonyl (C=O) groups is 1. The van der Waals surface area contributed by atoms with Crippen LogP contribution in [-0.2, 0) is 15.5 Å². The highest BCUT2D eigenvalue weighted by Gasteiger charge is 2.26. The third-order valence-corrected chi connectivity index (χ3v) is 5.51. The van der Waals surface area contributed by atoms with E-state index in [1.54, 1.807) is 29.4 Å². The molecule has 0 saturated carbocycles. The minimum atomic E-state index is -1.35. The predicted molar refractivity (Wildman–Crippen MR) is 150 cm³/mol. The second-order valence-electron chi connectivity index (χ2n) is 7.81. The van der Waals surface area contributed by atoms with E-state index in [-0.39, 0.29) is 6.09 Å². The van der Waals surface area contributed by atoms with Crippen LogP contribution in [0.3, 0.4) is 0 Å². The topological polar surface area (TPSA) is 75.6 Å². The van der Waals surface area contributed by atoms with Crippen LogP contribution in [0.25, 0.3) is 0 Å². The number of piperazine rings is 1. The Hall–Kier alpha value is -2.48. The van der Waals surface area contributed by atoms with Crippen LogP contribution in [0, 0.1) is 0 Å². The van der Waals surface area contributed by atoms with Crippen LogP contribution in [-0.4, -0.2) is 57.0 Å². The van der Waals surface area contributed by atoms with Gasteiger partial charge in [-0.1, -0.05) is 65.8 Å². The summed E-state index contributed by atoms with van der Waals surface area (Å²) >= 11 is 0. The molecule has 8 heteroatoms. The molecule has 1 saturated heterocycles. The van der Waals surface area contributed by atoms with E-state index in [9.17, 15) is 9.00 Å². The second-order valence-corrected chi connectivity index (χ2v) is 9.29. The van der Waals surface area contributed by atoms with E-state index in [1.807, 2.05) is 87.1 Å². The number of nitrogens with zero attached hydrogens (tertiary/aromatic N) is 4. The van der Waals surface area contributed by atoms with Crippen LogP contribution in [0.2, 0.25) is 0 Å². The van der Waals surface area contributed by atoms with Crippen molar-refractivity contribution in [2.24, 2.45) is 0 Å². The first-order chi connectivity index (χ1) is 16.6. The fourth-order valence-corrected chi connectivity index (χ4v) is 3.58. The molecular formula is C27H48N4O3S. The van der Waals surface area contributed by atoms with Gasteiger partial charge in [0.2, 0.25) is 5.95 Å².